The number of amides is 1. The Morgan fingerprint density at radius 3 is 2.78 bits per heavy atom. The number of aryl methyl sites for hydroxylation is 1. The maximum Gasteiger partial charge on any atom is 0.226 e. The van der Waals surface area contributed by atoms with Crippen LogP contribution in [0.2, 0.25) is 0 Å². The van der Waals surface area contributed by atoms with E-state index in [2.05, 4.69) is 28.2 Å². The number of aromatic nitrogens is 2. The highest BCUT2D eigenvalue weighted by Gasteiger charge is 2.28. The van der Waals surface area contributed by atoms with Gasteiger partial charge in [0.25, 0.3) is 0 Å². The Kier molecular flexibility index (Phi) is 4.42. The predicted octanol–water partition coefficient (Wildman–Crippen LogP) is 4.20. The van der Waals surface area contributed by atoms with E-state index < -0.39 is 0 Å². The summed E-state index contributed by atoms with van der Waals surface area (Å²) >= 11 is 0. The predicted molar refractivity (Wildman–Crippen MR) is 93.2 cm³/mol. The standard InChI is InChI=1S/C19H27N3O/c1-14-16-9-8-15-10-13-22(17(15)21-16)12-7-5-4-6-11-19(2,3)18(23)20-14/h8-10,13-14H,4-7,11-12H2,1-3H3,(H,20,23). The molecular formula is C19H27N3O. The maximum atomic E-state index is 12.6. The van der Waals surface area contributed by atoms with Crippen LogP contribution in [0.3, 0.4) is 0 Å². The second kappa shape index (κ2) is 6.34. The lowest BCUT2D eigenvalue weighted by Crippen LogP contribution is -2.38. The van der Waals surface area contributed by atoms with Gasteiger partial charge in [-0.25, -0.2) is 4.98 Å². The van der Waals surface area contributed by atoms with Gasteiger partial charge in [0.05, 0.1) is 11.7 Å². The van der Waals surface area contributed by atoms with Gasteiger partial charge in [-0.15, -0.1) is 0 Å². The monoisotopic (exact) mass is 313 g/mol. The van der Waals surface area contributed by atoms with Gasteiger partial charge in [-0.3, -0.25) is 4.79 Å². The Bertz CT molecular complexity index is 702. The third kappa shape index (κ3) is 3.41. The van der Waals surface area contributed by atoms with Crippen LogP contribution in [0, 0.1) is 5.41 Å². The number of carbonyl (C=O) groups is 1. The molecule has 0 aromatic carbocycles. The molecule has 3 heterocycles. The SMILES string of the molecule is CC1NC(=O)C(C)(C)CCCCCCn2ccc3ccc1nc32. The Morgan fingerprint density at radius 2 is 1.96 bits per heavy atom. The van der Waals surface area contributed by atoms with Gasteiger partial charge in [0, 0.05) is 23.5 Å². The van der Waals surface area contributed by atoms with E-state index in [1.165, 1.54) is 18.2 Å². The zero-order valence-electron chi connectivity index (χ0n) is 14.4. The summed E-state index contributed by atoms with van der Waals surface area (Å²) in [6.45, 7) is 7.12. The van der Waals surface area contributed by atoms with Gasteiger partial charge >= 0.3 is 0 Å². The molecule has 0 aliphatic carbocycles. The molecule has 23 heavy (non-hydrogen) atoms. The first-order valence-electron chi connectivity index (χ1n) is 8.74. The third-order valence-corrected chi connectivity index (χ3v) is 4.99. The van der Waals surface area contributed by atoms with Crippen LogP contribution in [-0.4, -0.2) is 15.5 Å². The molecular weight excluding hydrogens is 286 g/mol. The number of pyridine rings is 1. The fourth-order valence-electron chi connectivity index (χ4n) is 3.28. The summed E-state index contributed by atoms with van der Waals surface area (Å²) < 4.78 is 2.24. The van der Waals surface area contributed by atoms with Crippen LogP contribution >= 0.6 is 0 Å². The van der Waals surface area contributed by atoms with E-state index in [1.54, 1.807) is 0 Å². The van der Waals surface area contributed by atoms with Crippen LogP contribution in [0.15, 0.2) is 24.4 Å². The molecule has 2 bridgehead atoms. The maximum absolute atomic E-state index is 12.6. The van der Waals surface area contributed by atoms with Gasteiger partial charge in [-0.2, -0.15) is 0 Å². The number of fused-ring (bicyclic) bond motifs is 1. The van der Waals surface area contributed by atoms with Crippen molar-refractivity contribution in [1.29, 1.82) is 0 Å². The van der Waals surface area contributed by atoms with Crippen molar-refractivity contribution in [2.45, 2.75) is 65.5 Å². The van der Waals surface area contributed by atoms with Gasteiger partial charge < -0.3 is 9.88 Å². The minimum Gasteiger partial charge on any atom is -0.348 e. The van der Waals surface area contributed by atoms with Crippen LogP contribution in [0.5, 0.6) is 0 Å². The molecule has 0 fully saturated rings. The van der Waals surface area contributed by atoms with Crippen molar-refractivity contribution in [3.05, 3.63) is 30.1 Å². The van der Waals surface area contributed by atoms with E-state index in [0.717, 1.165) is 37.1 Å². The van der Waals surface area contributed by atoms with Crippen molar-refractivity contribution in [2.24, 2.45) is 5.41 Å². The molecule has 1 amide bonds. The summed E-state index contributed by atoms with van der Waals surface area (Å²) in [7, 11) is 0. The minimum atomic E-state index is -0.317. The highest BCUT2D eigenvalue weighted by molar-refractivity contribution is 5.82. The highest BCUT2D eigenvalue weighted by Crippen LogP contribution is 2.27. The molecule has 1 aliphatic rings. The molecule has 1 aliphatic heterocycles. The number of nitrogens with one attached hydrogen (secondary N) is 1. The number of nitrogens with zero attached hydrogens (tertiary/aromatic N) is 2. The second-order valence-corrected chi connectivity index (χ2v) is 7.40. The van der Waals surface area contributed by atoms with Crippen LogP contribution in [-0.2, 0) is 11.3 Å². The van der Waals surface area contributed by atoms with Gasteiger partial charge in [0.15, 0.2) is 0 Å². The fraction of sp³-hybridized carbons (Fsp3) is 0.579. The molecule has 1 unspecified atom stereocenters. The Labute approximate surface area is 138 Å². The van der Waals surface area contributed by atoms with E-state index in [1.807, 2.05) is 26.8 Å². The van der Waals surface area contributed by atoms with E-state index in [-0.39, 0.29) is 17.4 Å². The minimum absolute atomic E-state index is 0.0718. The molecule has 2 aromatic rings. The van der Waals surface area contributed by atoms with Gasteiger partial charge in [0.2, 0.25) is 5.91 Å². The average molecular weight is 313 g/mol. The number of hydrogen-bond donors (Lipinski definition) is 1. The average Bonchev–Trinajstić information content (AvgIpc) is 2.92. The molecule has 1 N–H and O–H groups in total. The number of carbonyl (C=O) groups excluding carboxylic acids is 1. The first-order chi connectivity index (χ1) is 11.0. The summed E-state index contributed by atoms with van der Waals surface area (Å²) in [4.78, 5) is 17.4. The quantitative estimate of drug-likeness (QED) is 0.792. The summed E-state index contributed by atoms with van der Waals surface area (Å²) in [6.07, 6.45) is 7.72. The smallest absolute Gasteiger partial charge is 0.226 e. The van der Waals surface area contributed by atoms with Crippen LogP contribution in [0.25, 0.3) is 11.0 Å². The zero-order valence-corrected chi connectivity index (χ0v) is 14.4. The van der Waals surface area contributed by atoms with Crippen molar-refractivity contribution in [3.8, 4) is 0 Å². The zero-order chi connectivity index (χ0) is 16.4. The molecule has 124 valence electrons. The van der Waals surface area contributed by atoms with Gasteiger partial charge in [0.1, 0.15) is 5.65 Å². The Balaban J connectivity index is 1.94. The number of rotatable bonds is 0. The van der Waals surface area contributed by atoms with E-state index in [9.17, 15) is 4.79 Å². The molecule has 1 atom stereocenters. The topological polar surface area (TPSA) is 46.9 Å². The molecule has 0 saturated heterocycles. The lowest BCUT2D eigenvalue weighted by molar-refractivity contribution is -0.130. The van der Waals surface area contributed by atoms with Crippen molar-refractivity contribution in [1.82, 2.24) is 14.9 Å². The van der Waals surface area contributed by atoms with E-state index >= 15 is 0 Å². The lowest BCUT2D eigenvalue weighted by Gasteiger charge is -2.26. The molecule has 4 nitrogen and oxygen atoms in total. The van der Waals surface area contributed by atoms with Gasteiger partial charge in [-0.1, -0.05) is 33.1 Å². The third-order valence-electron chi connectivity index (χ3n) is 4.99. The van der Waals surface area contributed by atoms with Crippen molar-refractivity contribution in [2.75, 3.05) is 0 Å². The normalized spacial score (nSPS) is 22.7. The second-order valence-electron chi connectivity index (χ2n) is 7.40. The molecule has 0 spiro atoms. The largest absolute Gasteiger partial charge is 0.348 e. The van der Waals surface area contributed by atoms with Crippen molar-refractivity contribution in [3.63, 3.8) is 0 Å². The molecule has 3 rings (SSSR count). The summed E-state index contributed by atoms with van der Waals surface area (Å²) in [5.74, 6) is 0.124. The van der Waals surface area contributed by atoms with E-state index in [4.69, 9.17) is 4.98 Å². The summed E-state index contributed by atoms with van der Waals surface area (Å²) in [5.41, 5.74) is 1.64. The van der Waals surface area contributed by atoms with Crippen molar-refractivity contribution < 1.29 is 4.79 Å². The van der Waals surface area contributed by atoms with Gasteiger partial charge in [-0.05, 0) is 38.0 Å². The number of hydrogen-bond acceptors (Lipinski definition) is 2. The lowest BCUT2D eigenvalue weighted by atomic mass is 9.85. The first-order valence-corrected chi connectivity index (χ1v) is 8.74. The van der Waals surface area contributed by atoms with Crippen LogP contribution in [0.4, 0.5) is 0 Å². The van der Waals surface area contributed by atoms with Crippen LogP contribution in [0.1, 0.15) is 64.6 Å². The summed E-state index contributed by atoms with van der Waals surface area (Å²) in [6, 6.07) is 6.18. The molecule has 0 radical (unpaired) electrons. The first kappa shape index (κ1) is 16.0. The Hall–Kier alpha value is -1.84. The van der Waals surface area contributed by atoms with Crippen LogP contribution < -0.4 is 5.32 Å². The summed E-state index contributed by atoms with van der Waals surface area (Å²) in [5, 5.41) is 4.31. The van der Waals surface area contributed by atoms with E-state index in [0.29, 0.717) is 0 Å². The molecule has 2 aromatic heterocycles. The highest BCUT2D eigenvalue weighted by atomic mass is 16.2. The molecule has 0 saturated carbocycles. The fourth-order valence-corrected chi connectivity index (χ4v) is 3.28. The Morgan fingerprint density at radius 1 is 1.17 bits per heavy atom. The van der Waals surface area contributed by atoms with Crippen molar-refractivity contribution >= 4 is 16.9 Å². The molecule has 4 heteroatoms.